The van der Waals surface area contributed by atoms with Gasteiger partial charge in [0.05, 0.1) is 28.3 Å². The minimum atomic E-state index is -3.15. The molecule has 0 radical (unpaired) electrons. The van der Waals surface area contributed by atoms with E-state index in [1.165, 1.54) is 0 Å². The van der Waals surface area contributed by atoms with Crippen LogP contribution in [0.25, 0.3) is 10.9 Å². The molecule has 0 aliphatic heterocycles. The molecule has 0 amide bonds. The molecule has 0 aliphatic carbocycles. The van der Waals surface area contributed by atoms with Crippen LogP contribution in [0.2, 0.25) is 0 Å². The zero-order chi connectivity index (χ0) is 15.0. The lowest BCUT2D eigenvalue weighted by molar-refractivity contribution is 0.549. The van der Waals surface area contributed by atoms with Gasteiger partial charge in [-0.05, 0) is 26.8 Å². The van der Waals surface area contributed by atoms with Gasteiger partial charge in [0.25, 0.3) is 0 Å². The Morgan fingerprint density at radius 2 is 1.90 bits per heavy atom. The Balaban J connectivity index is 2.32. The lowest BCUT2D eigenvalue weighted by Gasteiger charge is -2.19. The van der Waals surface area contributed by atoms with Crippen LogP contribution in [0.4, 0.5) is 0 Å². The minimum Gasteiger partial charge on any atom is -0.325 e. The molecule has 2 rings (SSSR count). The number of aryl methyl sites for hydroxylation is 1. The van der Waals surface area contributed by atoms with Crippen molar-refractivity contribution in [2.75, 3.05) is 5.75 Å². The van der Waals surface area contributed by atoms with Crippen molar-refractivity contribution >= 4 is 20.7 Å². The second kappa shape index (κ2) is 5.18. The van der Waals surface area contributed by atoms with Crippen LogP contribution in [-0.2, 0) is 22.9 Å². The van der Waals surface area contributed by atoms with Crippen molar-refractivity contribution in [2.45, 2.75) is 38.6 Å². The van der Waals surface area contributed by atoms with Crippen LogP contribution in [-0.4, -0.2) is 28.7 Å². The summed E-state index contributed by atoms with van der Waals surface area (Å²) in [6, 6.07) is 7.74. The lowest BCUT2D eigenvalue weighted by atomic mass is 10.2. The summed E-state index contributed by atoms with van der Waals surface area (Å²) in [7, 11) is -3.15. The summed E-state index contributed by atoms with van der Waals surface area (Å²) in [4.78, 5) is 0. The zero-order valence-electron chi connectivity index (χ0n) is 12.1. The molecule has 0 saturated carbocycles. The second-order valence-electron chi connectivity index (χ2n) is 5.82. The van der Waals surface area contributed by atoms with Crippen LogP contribution >= 0.6 is 0 Å². The first-order valence-electron chi connectivity index (χ1n) is 6.63. The van der Waals surface area contributed by atoms with Gasteiger partial charge in [0, 0.05) is 11.9 Å². The molecule has 1 heterocycles. The molecule has 5 nitrogen and oxygen atoms in total. The van der Waals surface area contributed by atoms with Crippen LogP contribution in [0.15, 0.2) is 24.3 Å². The fraction of sp³-hybridized carbons (Fsp3) is 0.500. The molecular weight excluding hydrogens is 274 g/mol. The maximum absolute atomic E-state index is 12.2. The molecule has 110 valence electrons. The number of hydrogen-bond acceptors (Lipinski definition) is 4. The van der Waals surface area contributed by atoms with Gasteiger partial charge in [0.15, 0.2) is 9.84 Å². The van der Waals surface area contributed by atoms with Gasteiger partial charge in [0.1, 0.15) is 0 Å². The number of aromatic nitrogens is 2. The van der Waals surface area contributed by atoms with Crippen LogP contribution in [0.5, 0.6) is 0 Å². The predicted molar refractivity (Wildman–Crippen MR) is 81.2 cm³/mol. The number of para-hydroxylation sites is 1. The highest BCUT2D eigenvalue weighted by Gasteiger charge is 2.28. The van der Waals surface area contributed by atoms with Crippen molar-refractivity contribution in [3.63, 3.8) is 0 Å². The summed E-state index contributed by atoms with van der Waals surface area (Å²) in [5.41, 5.74) is 7.41. The van der Waals surface area contributed by atoms with Gasteiger partial charge < -0.3 is 5.73 Å². The van der Waals surface area contributed by atoms with Crippen molar-refractivity contribution in [1.29, 1.82) is 0 Å². The topological polar surface area (TPSA) is 78.0 Å². The molecule has 0 fully saturated rings. The smallest absolute Gasteiger partial charge is 0.157 e. The van der Waals surface area contributed by atoms with Crippen LogP contribution < -0.4 is 5.73 Å². The first-order valence-corrected chi connectivity index (χ1v) is 8.28. The molecule has 0 saturated heterocycles. The van der Waals surface area contributed by atoms with Gasteiger partial charge in [-0.15, -0.1) is 0 Å². The van der Waals surface area contributed by atoms with E-state index in [0.29, 0.717) is 13.1 Å². The van der Waals surface area contributed by atoms with E-state index in [1.54, 1.807) is 25.5 Å². The fourth-order valence-electron chi connectivity index (χ4n) is 2.03. The Bertz CT molecular complexity index is 712. The molecule has 1 aromatic heterocycles. The van der Waals surface area contributed by atoms with Crippen molar-refractivity contribution in [3.05, 3.63) is 30.0 Å². The van der Waals surface area contributed by atoms with Crippen LogP contribution in [0.3, 0.4) is 0 Å². The molecule has 2 N–H and O–H groups in total. The molecule has 0 spiro atoms. The van der Waals surface area contributed by atoms with E-state index in [4.69, 9.17) is 5.73 Å². The molecular formula is C14H21N3O2S. The molecule has 20 heavy (non-hydrogen) atoms. The van der Waals surface area contributed by atoms with Gasteiger partial charge in [-0.1, -0.05) is 18.2 Å². The number of nitrogens with zero attached hydrogens (tertiary/aromatic N) is 2. The fourth-order valence-corrected chi connectivity index (χ4v) is 3.06. The standard InChI is InChI=1S/C14H21N3O2S/c1-14(2,3)20(18,19)9-8-17-13-7-5-4-6-11(13)12(10-15)16-17/h4-7H,8-10,15H2,1-3H3. The zero-order valence-corrected chi connectivity index (χ0v) is 12.9. The van der Waals surface area contributed by atoms with Gasteiger partial charge in [0.2, 0.25) is 0 Å². The number of fused-ring (bicyclic) bond motifs is 1. The monoisotopic (exact) mass is 295 g/mol. The SMILES string of the molecule is CC(C)(C)S(=O)(=O)CCn1nc(CN)c2ccccc21. The maximum Gasteiger partial charge on any atom is 0.157 e. The van der Waals surface area contributed by atoms with Crippen LogP contribution in [0.1, 0.15) is 26.5 Å². The van der Waals surface area contributed by atoms with Crippen molar-refractivity contribution in [3.8, 4) is 0 Å². The van der Waals surface area contributed by atoms with Crippen molar-refractivity contribution in [2.24, 2.45) is 5.73 Å². The molecule has 0 bridgehead atoms. The van der Waals surface area contributed by atoms with E-state index in [1.807, 2.05) is 24.3 Å². The molecule has 0 unspecified atom stereocenters. The average molecular weight is 295 g/mol. The normalized spacial score (nSPS) is 13.0. The summed E-state index contributed by atoms with van der Waals surface area (Å²) in [6.45, 7) is 5.85. The third-order valence-electron chi connectivity index (χ3n) is 3.43. The van der Waals surface area contributed by atoms with E-state index in [2.05, 4.69) is 5.10 Å². The number of benzene rings is 1. The summed E-state index contributed by atoms with van der Waals surface area (Å²) in [6.07, 6.45) is 0. The predicted octanol–water partition coefficient (Wildman–Crippen LogP) is 1.71. The van der Waals surface area contributed by atoms with E-state index in [-0.39, 0.29) is 5.75 Å². The Labute approximate surface area is 119 Å². The largest absolute Gasteiger partial charge is 0.325 e. The van der Waals surface area contributed by atoms with Crippen molar-refractivity contribution in [1.82, 2.24) is 9.78 Å². The highest BCUT2D eigenvalue weighted by molar-refractivity contribution is 7.92. The highest BCUT2D eigenvalue weighted by Crippen LogP contribution is 2.20. The Kier molecular flexibility index (Phi) is 3.88. The van der Waals surface area contributed by atoms with Crippen molar-refractivity contribution < 1.29 is 8.42 Å². The average Bonchev–Trinajstić information content (AvgIpc) is 2.73. The minimum absolute atomic E-state index is 0.0756. The first kappa shape index (κ1) is 15.0. The summed E-state index contributed by atoms with van der Waals surface area (Å²) >= 11 is 0. The summed E-state index contributed by atoms with van der Waals surface area (Å²) in [5.74, 6) is 0.0756. The number of rotatable bonds is 4. The van der Waals surface area contributed by atoms with Gasteiger partial charge in [-0.3, -0.25) is 4.68 Å². The van der Waals surface area contributed by atoms with Gasteiger partial charge >= 0.3 is 0 Å². The quantitative estimate of drug-likeness (QED) is 0.931. The summed E-state index contributed by atoms with van der Waals surface area (Å²) in [5, 5.41) is 5.41. The van der Waals surface area contributed by atoms with E-state index in [0.717, 1.165) is 16.6 Å². The Morgan fingerprint density at radius 3 is 2.50 bits per heavy atom. The summed E-state index contributed by atoms with van der Waals surface area (Å²) < 4.78 is 25.3. The maximum atomic E-state index is 12.2. The van der Waals surface area contributed by atoms with Gasteiger partial charge in [-0.2, -0.15) is 5.10 Å². The van der Waals surface area contributed by atoms with E-state index in [9.17, 15) is 8.42 Å². The molecule has 0 aliphatic rings. The number of nitrogens with two attached hydrogens (primary N) is 1. The Hall–Kier alpha value is -1.40. The number of sulfone groups is 1. The molecule has 6 heteroatoms. The third-order valence-corrected chi connectivity index (χ3v) is 6.02. The highest BCUT2D eigenvalue weighted by atomic mass is 32.2. The molecule has 0 atom stereocenters. The van der Waals surface area contributed by atoms with E-state index >= 15 is 0 Å². The third kappa shape index (κ3) is 2.71. The van der Waals surface area contributed by atoms with Gasteiger partial charge in [-0.25, -0.2) is 8.42 Å². The van der Waals surface area contributed by atoms with Crippen LogP contribution in [0, 0.1) is 0 Å². The first-order chi connectivity index (χ1) is 9.26. The lowest BCUT2D eigenvalue weighted by Crippen LogP contribution is -2.32. The van der Waals surface area contributed by atoms with E-state index < -0.39 is 14.6 Å². The molecule has 2 aromatic rings. The number of hydrogen-bond donors (Lipinski definition) is 1. The second-order valence-corrected chi connectivity index (χ2v) is 8.68. The molecule has 1 aromatic carbocycles. The Morgan fingerprint density at radius 1 is 1.25 bits per heavy atom.